The van der Waals surface area contributed by atoms with Crippen LogP contribution in [0.1, 0.15) is 41.9 Å². The summed E-state index contributed by atoms with van der Waals surface area (Å²) >= 11 is 0. The fourth-order valence-electron chi connectivity index (χ4n) is 7.19. The molecular formula is C33H37N3O3. The van der Waals surface area contributed by atoms with Crippen LogP contribution in [0.3, 0.4) is 0 Å². The minimum atomic E-state index is -0.906. The third kappa shape index (κ3) is 5.36. The Morgan fingerprint density at radius 1 is 0.821 bits per heavy atom. The van der Waals surface area contributed by atoms with Crippen LogP contribution in [0.15, 0.2) is 91.0 Å². The molecule has 0 aromatic heterocycles. The van der Waals surface area contributed by atoms with Gasteiger partial charge in [-0.15, -0.1) is 0 Å². The number of fused-ring (bicyclic) bond motifs is 1. The molecule has 3 aromatic rings. The number of carbonyl (C=O) groups excluding carboxylic acids is 1. The number of carboxylic acids is 1. The lowest BCUT2D eigenvalue weighted by molar-refractivity contribution is -0.148. The summed E-state index contributed by atoms with van der Waals surface area (Å²) in [4.78, 5) is 33.5. The lowest BCUT2D eigenvalue weighted by Gasteiger charge is -2.41. The molecule has 0 unspecified atom stereocenters. The first-order valence-corrected chi connectivity index (χ1v) is 14.2. The van der Waals surface area contributed by atoms with Crippen LogP contribution in [0.4, 0.5) is 0 Å². The van der Waals surface area contributed by atoms with Gasteiger partial charge in [0.25, 0.3) is 0 Å². The van der Waals surface area contributed by atoms with Gasteiger partial charge in [0.05, 0.1) is 5.92 Å². The topological polar surface area (TPSA) is 64.1 Å². The van der Waals surface area contributed by atoms with Crippen LogP contribution < -0.4 is 0 Å². The van der Waals surface area contributed by atoms with Crippen LogP contribution in [-0.4, -0.2) is 76.0 Å². The average Bonchev–Trinajstić information content (AvgIpc) is 3.59. The first-order valence-electron chi connectivity index (χ1n) is 14.2. The smallest absolute Gasteiger partial charge is 0.326 e. The van der Waals surface area contributed by atoms with Crippen LogP contribution in [0, 0.1) is 5.92 Å². The number of amides is 1. The molecular weight excluding hydrogens is 486 g/mol. The molecule has 3 aliphatic rings. The molecule has 3 heterocycles. The zero-order chi connectivity index (χ0) is 26.8. The van der Waals surface area contributed by atoms with E-state index in [0.29, 0.717) is 24.9 Å². The Balaban J connectivity index is 1.23. The molecule has 3 aromatic carbocycles. The van der Waals surface area contributed by atoms with Crippen LogP contribution in [0.5, 0.6) is 0 Å². The lowest BCUT2D eigenvalue weighted by Crippen LogP contribution is -2.51. The molecule has 1 amide bonds. The van der Waals surface area contributed by atoms with Gasteiger partial charge in [0.15, 0.2) is 0 Å². The zero-order valence-electron chi connectivity index (χ0n) is 22.3. The van der Waals surface area contributed by atoms with Crippen LogP contribution >= 0.6 is 0 Å². The molecule has 39 heavy (non-hydrogen) atoms. The molecule has 0 radical (unpaired) electrons. The van der Waals surface area contributed by atoms with Crippen molar-refractivity contribution in [1.82, 2.24) is 14.7 Å². The van der Waals surface area contributed by atoms with E-state index in [0.717, 1.165) is 43.7 Å². The van der Waals surface area contributed by atoms with Crippen molar-refractivity contribution in [3.63, 3.8) is 0 Å². The largest absolute Gasteiger partial charge is 0.480 e. The quantitative estimate of drug-likeness (QED) is 0.495. The fraction of sp³-hybridized carbons (Fsp3) is 0.394. The van der Waals surface area contributed by atoms with Gasteiger partial charge in [-0.05, 0) is 48.4 Å². The molecule has 3 saturated heterocycles. The summed E-state index contributed by atoms with van der Waals surface area (Å²) in [6, 6.07) is 29.8. The summed E-state index contributed by atoms with van der Waals surface area (Å²) in [5, 5.41) is 10.2. The maximum Gasteiger partial charge on any atom is 0.326 e. The Morgan fingerprint density at radius 2 is 1.44 bits per heavy atom. The molecule has 1 N–H and O–H groups in total. The first kappa shape index (κ1) is 25.8. The predicted octanol–water partition coefficient (Wildman–Crippen LogP) is 4.47. The van der Waals surface area contributed by atoms with Gasteiger partial charge in [-0.25, -0.2) is 4.79 Å². The first-order chi connectivity index (χ1) is 19.1. The highest BCUT2D eigenvalue weighted by molar-refractivity contribution is 5.91. The number of benzene rings is 3. The van der Waals surface area contributed by atoms with E-state index < -0.39 is 17.9 Å². The summed E-state index contributed by atoms with van der Waals surface area (Å²) in [5.41, 5.74) is 3.12. The van der Waals surface area contributed by atoms with Gasteiger partial charge in [-0.1, -0.05) is 91.0 Å². The number of hydrogen-bond acceptors (Lipinski definition) is 4. The van der Waals surface area contributed by atoms with Crippen molar-refractivity contribution >= 4 is 11.9 Å². The third-order valence-corrected chi connectivity index (χ3v) is 8.98. The molecule has 0 aliphatic carbocycles. The average molecular weight is 524 g/mol. The fourth-order valence-corrected chi connectivity index (χ4v) is 7.19. The van der Waals surface area contributed by atoms with Crippen molar-refractivity contribution in [1.29, 1.82) is 0 Å². The van der Waals surface area contributed by atoms with Crippen molar-refractivity contribution in [2.24, 2.45) is 5.92 Å². The monoisotopic (exact) mass is 523 g/mol. The van der Waals surface area contributed by atoms with E-state index in [-0.39, 0.29) is 11.9 Å². The van der Waals surface area contributed by atoms with Gasteiger partial charge in [-0.3, -0.25) is 14.6 Å². The van der Waals surface area contributed by atoms with Crippen LogP contribution in [0.2, 0.25) is 0 Å². The highest BCUT2D eigenvalue weighted by Crippen LogP contribution is 2.37. The third-order valence-electron chi connectivity index (χ3n) is 8.98. The summed E-state index contributed by atoms with van der Waals surface area (Å²) < 4.78 is 0. The SMILES string of the molecule is O=C(O)[C@@H]1C[C@H](N2CCC[C@H]3CN(Cc4ccccc4)C[C@H]32)CN1C(=O)C(c1ccccc1)c1ccccc1. The Kier molecular flexibility index (Phi) is 7.49. The second kappa shape index (κ2) is 11.3. The van der Waals surface area contributed by atoms with Gasteiger partial charge in [0.2, 0.25) is 5.91 Å². The Morgan fingerprint density at radius 3 is 2.05 bits per heavy atom. The molecule has 6 heteroatoms. The highest BCUT2D eigenvalue weighted by atomic mass is 16.4. The molecule has 0 bridgehead atoms. The van der Waals surface area contributed by atoms with E-state index in [1.165, 1.54) is 12.0 Å². The van der Waals surface area contributed by atoms with Crippen molar-refractivity contribution in [3.8, 4) is 0 Å². The number of likely N-dealkylation sites (tertiary alicyclic amines) is 3. The molecule has 4 atom stereocenters. The van der Waals surface area contributed by atoms with Gasteiger partial charge in [-0.2, -0.15) is 0 Å². The minimum Gasteiger partial charge on any atom is -0.480 e. The molecule has 6 nitrogen and oxygen atoms in total. The van der Waals surface area contributed by atoms with E-state index in [4.69, 9.17) is 0 Å². The molecule has 0 saturated carbocycles. The van der Waals surface area contributed by atoms with Crippen molar-refractivity contribution in [3.05, 3.63) is 108 Å². The van der Waals surface area contributed by atoms with Crippen molar-refractivity contribution < 1.29 is 14.7 Å². The number of carbonyl (C=O) groups is 2. The Hall–Kier alpha value is -3.48. The van der Waals surface area contributed by atoms with Crippen LogP contribution in [0.25, 0.3) is 0 Å². The predicted molar refractivity (Wildman–Crippen MR) is 151 cm³/mol. The van der Waals surface area contributed by atoms with Crippen LogP contribution in [-0.2, 0) is 16.1 Å². The maximum atomic E-state index is 14.2. The number of carboxylic acid groups (broad SMARTS) is 1. The number of piperidine rings is 1. The normalized spacial score (nSPS) is 25.6. The van der Waals surface area contributed by atoms with Gasteiger partial charge >= 0.3 is 5.97 Å². The van der Waals surface area contributed by atoms with E-state index in [1.54, 1.807) is 4.90 Å². The standard InChI is InChI=1S/C33H37N3O3/c37-32(31(25-13-6-2-7-14-25)26-15-8-3-9-16-26)36-22-28(19-29(36)33(38)39)35-18-10-17-27-21-34(23-30(27)35)20-24-11-4-1-5-12-24/h1-9,11-16,27-31H,10,17-23H2,(H,38,39)/t27-,28-,29-,30+/m0/s1. The van der Waals surface area contributed by atoms with Gasteiger partial charge in [0, 0.05) is 38.3 Å². The molecule has 3 aliphatic heterocycles. The Bertz CT molecular complexity index is 1230. The summed E-state index contributed by atoms with van der Waals surface area (Å²) in [6.07, 6.45) is 2.83. The number of rotatable bonds is 7. The van der Waals surface area contributed by atoms with Gasteiger partial charge in [0.1, 0.15) is 6.04 Å². The number of nitrogens with zero attached hydrogens (tertiary/aromatic N) is 3. The molecule has 0 spiro atoms. The molecule has 6 rings (SSSR count). The van der Waals surface area contributed by atoms with E-state index >= 15 is 0 Å². The number of hydrogen-bond donors (Lipinski definition) is 1. The van der Waals surface area contributed by atoms with E-state index in [1.807, 2.05) is 60.7 Å². The van der Waals surface area contributed by atoms with E-state index in [9.17, 15) is 14.7 Å². The highest BCUT2D eigenvalue weighted by Gasteiger charge is 2.48. The molecule has 3 fully saturated rings. The second-order valence-corrected chi connectivity index (χ2v) is 11.4. The maximum absolute atomic E-state index is 14.2. The summed E-state index contributed by atoms with van der Waals surface area (Å²) in [6.45, 7) is 4.47. The summed E-state index contributed by atoms with van der Waals surface area (Å²) in [5.74, 6) is -0.948. The zero-order valence-corrected chi connectivity index (χ0v) is 22.3. The summed E-state index contributed by atoms with van der Waals surface area (Å²) in [7, 11) is 0. The van der Waals surface area contributed by atoms with Crippen molar-refractivity contribution in [2.45, 2.75) is 49.9 Å². The van der Waals surface area contributed by atoms with Gasteiger partial charge < -0.3 is 10.0 Å². The minimum absolute atomic E-state index is 0.0618. The lowest BCUT2D eigenvalue weighted by atomic mass is 9.90. The number of aliphatic carboxylic acids is 1. The van der Waals surface area contributed by atoms with E-state index in [2.05, 4.69) is 40.1 Å². The van der Waals surface area contributed by atoms with Crippen molar-refractivity contribution in [2.75, 3.05) is 26.2 Å². The second-order valence-electron chi connectivity index (χ2n) is 11.4. The Labute approximate surface area is 230 Å². The molecule has 202 valence electrons.